The monoisotopic (exact) mass is 676 g/mol. The average Bonchev–Trinajstić information content (AvgIpc) is 3.76. The molecule has 3 fully saturated rings. The van der Waals surface area contributed by atoms with Gasteiger partial charge >= 0.3 is 6.09 Å². The highest BCUT2D eigenvalue weighted by molar-refractivity contribution is 7.89. The number of sulfonamides is 1. The summed E-state index contributed by atoms with van der Waals surface area (Å²) in [6.07, 6.45) is 1.00. The number of hydrogen-bond donors (Lipinski definition) is 2. The van der Waals surface area contributed by atoms with E-state index in [0.29, 0.717) is 18.8 Å². The molecule has 2 saturated heterocycles. The van der Waals surface area contributed by atoms with E-state index in [1.807, 2.05) is 44.2 Å². The molecular formula is C34H48N2O10S. The Hall–Kier alpha value is -2.78. The Morgan fingerprint density at radius 3 is 2.49 bits per heavy atom. The van der Waals surface area contributed by atoms with Crippen LogP contribution in [0, 0.1) is 11.8 Å². The molecule has 13 heteroatoms. The number of hydrogen-bond acceptors (Lipinski definition) is 10. The highest BCUT2D eigenvalue weighted by atomic mass is 32.2. The molecule has 260 valence electrons. The van der Waals surface area contributed by atoms with E-state index in [9.17, 15) is 18.3 Å². The molecule has 5 rings (SSSR count). The van der Waals surface area contributed by atoms with E-state index in [4.69, 9.17) is 28.4 Å². The van der Waals surface area contributed by atoms with Crippen molar-refractivity contribution in [3.63, 3.8) is 0 Å². The van der Waals surface area contributed by atoms with Crippen molar-refractivity contribution in [2.45, 2.75) is 87.1 Å². The van der Waals surface area contributed by atoms with Gasteiger partial charge in [-0.15, -0.1) is 0 Å². The maximum atomic E-state index is 13.7. The van der Waals surface area contributed by atoms with Gasteiger partial charge in [-0.1, -0.05) is 44.2 Å². The second kappa shape index (κ2) is 15.6. The molecule has 7 atom stereocenters. The van der Waals surface area contributed by atoms with Crippen LogP contribution in [0.2, 0.25) is 0 Å². The molecule has 0 aromatic heterocycles. The number of nitrogens with zero attached hydrogens (tertiary/aromatic N) is 1. The lowest BCUT2D eigenvalue weighted by atomic mass is 9.85. The Kier molecular flexibility index (Phi) is 11.8. The molecule has 1 saturated carbocycles. The minimum absolute atomic E-state index is 0.0186. The fourth-order valence-electron chi connectivity index (χ4n) is 6.91. The van der Waals surface area contributed by atoms with Crippen molar-refractivity contribution in [1.82, 2.24) is 9.62 Å². The zero-order valence-corrected chi connectivity index (χ0v) is 28.4. The fraction of sp³-hybridized carbons (Fsp3) is 0.618. The number of carbonyl (C=O) groups is 1. The minimum Gasteiger partial charge on any atom is -0.497 e. The van der Waals surface area contributed by atoms with E-state index in [-0.39, 0.29) is 67.1 Å². The van der Waals surface area contributed by atoms with Gasteiger partial charge in [0.1, 0.15) is 11.4 Å². The predicted molar refractivity (Wildman–Crippen MR) is 172 cm³/mol. The fourth-order valence-corrected chi connectivity index (χ4v) is 8.53. The lowest BCUT2D eigenvalue weighted by Crippen LogP contribution is -2.51. The van der Waals surface area contributed by atoms with Crippen LogP contribution in [0.15, 0.2) is 59.5 Å². The third-order valence-electron chi connectivity index (χ3n) is 9.33. The van der Waals surface area contributed by atoms with Gasteiger partial charge in [-0.2, -0.15) is 4.31 Å². The zero-order valence-electron chi connectivity index (χ0n) is 27.6. The van der Waals surface area contributed by atoms with Crippen molar-refractivity contribution >= 4 is 16.1 Å². The first-order valence-corrected chi connectivity index (χ1v) is 17.7. The number of fused-ring (bicyclic) bond motifs is 2. The smallest absolute Gasteiger partial charge is 0.409 e. The summed E-state index contributed by atoms with van der Waals surface area (Å²) in [6.45, 7) is 4.02. The predicted octanol–water partition coefficient (Wildman–Crippen LogP) is 3.71. The Morgan fingerprint density at radius 2 is 1.83 bits per heavy atom. The van der Waals surface area contributed by atoms with Gasteiger partial charge in [0.05, 0.1) is 43.0 Å². The third kappa shape index (κ3) is 8.63. The highest BCUT2D eigenvalue weighted by Crippen LogP contribution is 2.50. The topological polar surface area (TPSA) is 142 Å². The number of nitrogens with one attached hydrogen (secondary N) is 1. The zero-order chi connectivity index (χ0) is 33.6. The SMILES string of the molecule is COc1ccc(S(=O)(=O)N(CC(C)C)C[C@@H](O)[C@H](Cc2ccccc2)NC(=O)OCO[C@H]2C[C@H]3OCC4(CC[C@@H](OC)O4)[C@H]3C2)cc1. The number of alkyl carbamates (subject to hydrolysis) is 1. The Labute approximate surface area is 277 Å². The molecule has 2 heterocycles. The first kappa shape index (κ1) is 35.5. The van der Waals surface area contributed by atoms with Gasteiger partial charge in [-0.3, -0.25) is 0 Å². The van der Waals surface area contributed by atoms with Crippen LogP contribution in [-0.2, 0) is 40.1 Å². The lowest BCUT2D eigenvalue weighted by molar-refractivity contribution is -0.168. The van der Waals surface area contributed by atoms with Gasteiger partial charge in [0.15, 0.2) is 13.1 Å². The number of methoxy groups -OCH3 is 2. The highest BCUT2D eigenvalue weighted by Gasteiger charge is 2.58. The molecule has 1 spiro atoms. The van der Waals surface area contributed by atoms with Gasteiger partial charge < -0.3 is 38.8 Å². The maximum absolute atomic E-state index is 13.7. The number of aliphatic hydroxyl groups excluding tert-OH is 1. The first-order chi connectivity index (χ1) is 22.5. The third-order valence-corrected chi connectivity index (χ3v) is 11.2. The summed E-state index contributed by atoms with van der Waals surface area (Å²) >= 11 is 0. The quantitative estimate of drug-likeness (QED) is 0.268. The standard InChI is InChI=1S/C34H48N2O10S/c1-23(2)19-36(47(39,40)27-12-10-25(41-3)11-13-27)20-30(37)29(16-24-8-6-5-7-9-24)35-33(38)45-22-44-26-17-28-31(18-26)43-21-34(28)15-14-32(42-4)46-34/h5-13,23,26,28-32,37H,14-22H2,1-4H3,(H,35,38)/t26-,28+,29+,30-,31-,32+,34?/m1/s1. The van der Waals surface area contributed by atoms with E-state index in [1.165, 1.54) is 23.5 Å². The van der Waals surface area contributed by atoms with E-state index in [2.05, 4.69) is 5.32 Å². The van der Waals surface area contributed by atoms with E-state index < -0.39 is 28.3 Å². The van der Waals surface area contributed by atoms with Gasteiger partial charge in [0.2, 0.25) is 10.0 Å². The molecule has 3 aliphatic rings. The number of aliphatic hydroxyl groups is 1. The van der Waals surface area contributed by atoms with Crippen molar-refractivity contribution in [2.75, 3.05) is 40.7 Å². The van der Waals surface area contributed by atoms with Crippen LogP contribution in [0.25, 0.3) is 0 Å². The molecule has 2 aromatic rings. The summed E-state index contributed by atoms with van der Waals surface area (Å²) in [5, 5.41) is 14.2. The molecular weight excluding hydrogens is 628 g/mol. The number of carbonyl (C=O) groups excluding carboxylic acids is 1. The van der Waals surface area contributed by atoms with Crippen LogP contribution in [0.3, 0.4) is 0 Å². The van der Waals surface area contributed by atoms with Gasteiger partial charge in [0.25, 0.3) is 0 Å². The number of amides is 1. The van der Waals surface area contributed by atoms with Crippen molar-refractivity contribution in [1.29, 1.82) is 0 Å². The summed E-state index contributed by atoms with van der Waals surface area (Å²) in [7, 11) is -0.810. The molecule has 2 aromatic carbocycles. The second-order valence-corrected chi connectivity index (χ2v) is 15.0. The van der Waals surface area contributed by atoms with Gasteiger partial charge in [-0.25, -0.2) is 13.2 Å². The summed E-state index contributed by atoms with van der Waals surface area (Å²) in [4.78, 5) is 13.1. The Balaban J connectivity index is 1.20. The van der Waals surface area contributed by atoms with Crippen LogP contribution in [0.5, 0.6) is 5.75 Å². The average molecular weight is 677 g/mol. The minimum atomic E-state index is -3.97. The molecule has 1 amide bonds. The van der Waals surface area contributed by atoms with Crippen molar-refractivity contribution in [2.24, 2.45) is 11.8 Å². The van der Waals surface area contributed by atoms with Crippen LogP contribution in [0.1, 0.15) is 45.1 Å². The van der Waals surface area contributed by atoms with Gasteiger partial charge in [-0.05, 0) is 55.0 Å². The molecule has 0 radical (unpaired) electrons. The van der Waals surface area contributed by atoms with Crippen LogP contribution < -0.4 is 10.1 Å². The van der Waals surface area contributed by atoms with Crippen LogP contribution in [-0.4, -0.2) is 101 Å². The normalized spacial score (nSPS) is 26.9. The molecule has 2 aliphatic heterocycles. The number of benzene rings is 2. The summed E-state index contributed by atoms with van der Waals surface area (Å²) < 4.78 is 62.8. The van der Waals surface area contributed by atoms with Crippen LogP contribution in [0.4, 0.5) is 4.79 Å². The molecule has 12 nitrogen and oxygen atoms in total. The molecule has 1 aliphatic carbocycles. The van der Waals surface area contributed by atoms with Crippen molar-refractivity contribution < 1.29 is 46.7 Å². The van der Waals surface area contributed by atoms with Gasteiger partial charge in [0, 0.05) is 39.0 Å². The Bertz CT molecular complexity index is 1410. The first-order valence-electron chi connectivity index (χ1n) is 16.3. The molecule has 0 bridgehead atoms. The largest absolute Gasteiger partial charge is 0.497 e. The molecule has 2 N–H and O–H groups in total. The van der Waals surface area contributed by atoms with E-state index in [1.54, 1.807) is 19.2 Å². The summed E-state index contributed by atoms with van der Waals surface area (Å²) in [5.41, 5.74) is 0.505. The molecule has 47 heavy (non-hydrogen) atoms. The molecule has 1 unspecified atom stereocenters. The van der Waals surface area contributed by atoms with Crippen LogP contribution >= 0.6 is 0 Å². The second-order valence-electron chi connectivity index (χ2n) is 13.1. The number of rotatable bonds is 15. The number of ether oxygens (including phenoxy) is 6. The summed E-state index contributed by atoms with van der Waals surface area (Å²) in [5.74, 6) is 0.704. The maximum Gasteiger partial charge on any atom is 0.409 e. The summed E-state index contributed by atoms with van der Waals surface area (Å²) in [6, 6.07) is 14.6. The lowest BCUT2D eigenvalue weighted by Gasteiger charge is -2.30. The Morgan fingerprint density at radius 1 is 1.09 bits per heavy atom. The van der Waals surface area contributed by atoms with E-state index >= 15 is 0 Å². The van der Waals surface area contributed by atoms with E-state index in [0.717, 1.165) is 24.8 Å². The van der Waals surface area contributed by atoms with Crippen molar-refractivity contribution in [3.05, 3.63) is 60.2 Å². The van der Waals surface area contributed by atoms with Crippen molar-refractivity contribution in [3.8, 4) is 5.75 Å².